The average molecular weight is 120 g/mol. The van der Waals surface area contributed by atoms with Crippen molar-refractivity contribution in [1.29, 1.82) is 0 Å². The van der Waals surface area contributed by atoms with Crippen LogP contribution in [0.2, 0.25) is 0 Å². The van der Waals surface area contributed by atoms with E-state index in [0.29, 0.717) is 0 Å². The molecule has 0 saturated heterocycles. The van der Waals surface area contributed by atoms with Crippen LogP contribution in [0.5, 0.6) is 0 Å². The summed E-state index contributed by atoms with van der Waals surface area (Å²) in [6.07, 6.45) is 0. The lowest BCUT2D eigenvalue weighted by molar-refractivity contribution is -0.391. The zero-order valence-corrected chi connectivity index (χ0v) is 5.07. The molecule has 2 heteroatoms. The molecule has 0 amide bonds. The van der Waals surface area contributed by atoms with Crippen LogP contribution in [0.3, 0.4) is 0 Å². The lowest BCUT2D eigenvalue weighted by atomic mass is 9.96. The summed E-state index contributed by atoms with van der Waals surface area (Å²) in [7, 11) is 0. The Morgan fingerprint density at radius 2 is 1.88 bits per heavy atom. The number of hydrogen-bond acceptors (Lipinski definition) is 1. The molecule has 4 N–H and O–H groups in total. The molecule has 0 radical (unpaired) electrons. The van der Waals surface area contributed by atoms with E-state index in [2.05, 4.69) is 5.73 Å². The Morgan fingerprint density at radius 1 is 1.50 bits per heavy atom. The average Bonchev–Trinajstić information content (AvgIpc) is 1.68. The number of quaternary nitrogens is 1. The number of aliphatic hydroxyl groups is 1. The SMILES string of the molecule is C.CC(C)(C[NH3+])CO. The Bertz CT molecular complexity index is 46.5. The Morgan fingerprint density at radius 3 is 1.88 bits per heavy atom. The molecule has 0 atom stereocenters. The topological polar surface area (TPSA) is 47.9 Å². The minimum Gasteiger partial charge on any atom is -0.396 e. The Labute approximate surface area is 51.7 Å². The maximum Gasteiger partial charge on any atom is 0.0813 e. The molecule has 0 aliphatic rings. The van der Waals surface area contributed by atoms with Gasteiger partial charge in [0.15, 0.2) is 0 Å². The van der Waals surface area contributed by atoms with E-state index >= 15 is 0 Å². The molecule has 0 rings (SSSR count). The molecule has 2 nitrogen and oxygen atoms in total. The van der Waals surface area contributed by atoms with Gasteiger partial charge in [0, 0.05) is 5.41 Å². The summed E-state index contributed by atoms with van der Waals surface area (Å²) in [6.45, 7) is 5.00. The van der Waals surface area contributed by atoms with Crippen molar-refractivity contribution in [2.75, 3.05) is 13.2 Å². The van der Waals surface area contributed by atoms with Crippen LogP contribution >= 0.6 is 0 Å². The van der Waals surface area contributed by atoms with Gasteiger partial charge in [0.05, 0.1) is 13.2 Å². The third-order valence-corrected chi connectivity index (χ3v) is 1.10. The molecule has 0 aromatic rings. The zero-order valence-electron chi connectivity index (χ0n) is 5.07. The van der Waals surface area contributed by atoms with E-state index in [1.165, 1.54) is 0 Å². The van der Waals surface area contributed by atoms with Gasteiger partial charge < -0.3 is 10.8 Å². The van der Waals surface area contributed by atoms with Crippen molar-refractivity contribution in [3.05, 3.63) is 0 Å². The van der Waals surface area contributed by atoms with Crippen LogP contribution in [0, 0.1) is 5.41 Å². The van der Waals surface area contributed by atoms with Gasteiger partial charge in [0.2, 0.25) is 0 Å². The fourth-order valence-electron chi connectivity index (χ4n) is 0.0791. The van der Waals surface area contributed by atoms with Crippen molar-refractivity contribution < 1.29 is 10.8 Å². The van der Waals surface area contributed by atoms with Gasteiger partial charge in [-0.25, -0.2) is 0 Å². The van der Waals surface area contributed by atoms with E-state index in [4.69, 9.17) is 5.11 Å². The molecular weight excluding hydrogens is 102 g/mol. The Balaban J connectivity index is 0. The highest BCUT2D eigenvalue weighted by Gasteiger charge is 2.14. The second kappa shape index (κ2) is 3.87. The summed E-state index contributed by atoms with van der Waals surface area (Å²) >= 11 is 0. The van der Waals surface area contributed by atoms with E-state index in [0.717, 1.165) is 6.54 Å². The van der Waals surface area contributed by atoms with Gasteiger partial charge in [-0.2, -0.15) is 0 Å². The quantitative estimate of drug-likeness (QED) is 0.524. The summed E-state index contributed by atoms with van der Waals surface area (Å²) < 4.78 is 0. The third kappa shape index (κ3) is 4.09. The Hall–Kier alpha value is -0.0800. The van der Waals surface area contributed by atoms with E-state index in [1.54, 1.807) is 0 Å². The molecule has 8 heavy (non-hydrogen) atoms. The van der Waals surface area contributed by atoms with Crippen molar-refractivity contribution in [3.8, 4) is 0 Å². The van der Waals surface area contributed by atoms with Crippen LogP contribution in [0.1, 0.15) is 21.3 Å². The molecule has 0 fully saturated rings. The van der Waals surface area contributed by atoms with Gasteiger partial charge in [-0.05, 0) is 0 Å². The second-order valence-corrected chi connectivity index (χ2v) is 2.57. The fourth-order valence-corrected chi connectivity index (χ4v) is 0.0791. The molecule has 0 unspecified atom stereocenters. The predicted molar refractivity (Wildman–Crippen MR) is 35.4 cm³/mol. The van der Waals surface area contributed by atoms with Crippen LogP contribution in [0.4, 0.5) is 0 Å². The predicted octanol–water partition coefficient (Wildman–Crippen LogP) is -0.117. The maximum absolute atomic E-state index is 8.55. The first kappa shape index (κ1) is 10.8. The second-order valence-electron chi connectivity index (χ2n) is 2.57. The smallest absolute Gasteiger partial charge is 0.0813 e. The monoisotopic (exact) mass is 120 g/mol. The molecule has 0 spiro atoms. The van der Waals surface area contributed by atoms with Gasteiger partial charge in [0.1, 0.15) is 0 Å². The number of rotatable bonds is 2. The van der Waals surface area contributed by atoms with Crippen molar-refractivity contribution in [2.45, 2.75) is 21.3 Å². The summed E-state index contributed by atoms with van der Waals surface area (Å²) in [5.74, 6) is 0. The van der Waals surface area contributed by atoms with Crippen LogP contribution < -0.4 is 5.73 Å². The summed E-state index contributed by atoms with van der Waals surface area (Å²) in [6, 6.07) is 0. The molecule has 0 heterocycles. The lowest BCUT2D eigenvalue weighted by Gasteiger charge is -2.14. The van der Waals surface area contributed by atoms with Crippen LogP contribution in [0.15, 0.2) is 0 Å². The van der Waals surface area contributed by atoms with E-state index in [9.17, 15) is 0 Å². The van der Waals surface area contributed by atoms with Crippen molar-refractivity contribution >= 4 is 0 Å². The lowest BCUT2D eigenvalue weighted by Crippen LogP contribution is -2.57. The van der Waals surface area contributed by atoms with Gasteiger partial charge in [0.25, 0.3) is 0 Å². The first-order valence-corrected chi connectivity index (χ1v) is 2.52. The largest absolute Gasteiger partial charge is 0.396 e. The van der Waals surface area contributed by atoms with Gasteiger partial charge in [-0.3, -0.25) is 0 Å². The molecule has 52 valence electrons. The molecule has 0 aromatic carbocycles. The fraction of sp³-hybridized carbons (Fsp3) is 1.00. The molecule has 0 bridgehead atoms. The van der Waals surface area contributed by atoms with E-state index < -0.39 is 0 Å². The zero-order chi connectivity index (χ0) is 5.91. The van der Waals surface area contributed by atoms with E-state index in [1.807, 2.05) is 13.8 Å². The highest BCUT2D eigenvalue weighted by molar-refractivity contribution is 4.62. The van der Waals surface area contributed by atoms with Crippen LogP contribution in [-0.2, 0) is 0 Å². The molecule has 0 aromatic heterocycles. The normalized spacial score (nSPS) is 10.5. The summed E-state index contributed by atoms with van der Waals surface area (Å²) in [5.41, 5.74) is 3.70. The van der Waals surface area contributed by atoms with Gasteiger partial charge >= 0.3 is 0 Å². The maximum atomic E-state index is 8.55. The minimum absolute atomic E-state index is 0. The molecule has 0 aliphatic carbocycles. The number of hydrogen-bond donors (Lipinski definition) is 2. The summed E-state index contributed by atoms with van der Waals surface area (Å²) in [4.78, 5) is 0. The first-order valence-electron chi connectivity index (χ1n) is 2.52. The van der Waals surface area contributed by atoms with Crippen molar-refractivity contribution in [1.82, 2.24) is 0 Å². The highest BCUT2D eigenvalue weighted by atomic mass is 16.3. The molecule has 0 saturated carbocycles. The molecular formula is C6H18NO+. The first-order chi connectivity index (χ1) is 3.12. The minimum atomic E-state index is 0. The third-order valence-electron chi connectivity index (χ3n) is 1.10. The van der Waals surface area contributed by atoms with E-state index in [-0.39, 0.29) is 19.4 Å². The summed E-state index contributed by atoms with van der Waals surface area (Å²) in [5, 5.41) is 8.55. The molecule has 0 aliphatic heterocycles. The van der Waals surface area contributed by atoms with Crippen molar-refractivity contribution in [2.24, 2.45) is 5.41 Å². The highest BCUT2D eigenvalue weighted by Crippen LogP contribution is 2.07. The van der Waals surface area contributed by atoms with Gasteiger partial charge in [-0.15, -0.1) is 0 Å². The number of aliphatic hydroxyl groups excluding tert-OH is 1. The standard InChI is InChI=1S/C5H13NO.CH4/c1-5(2,3-6)4-7;/h7H,3-4,6H2,1-2H3;1H4/p+1. The van der Waals surface area contributed by atoms with Crippen LogP contribution in [-0.4, -0.2) is 18.3 Å². The van der Waals surface area contributed by atoms with Gasteiger partial charge in [-0.1, -0.05) is 21.3 Å². The van der Waals surface area contributed by atoms with Crippen molar-refractivity contribution in [3.63, 3.8) is 0 Å². The Kier molecular flexibility index (Phi) is 5.23. The van der Waals surface area contributed by atoms with Crippen LogP contribution in [0.25, 0.3) is 0 Å².